The Hall–Kier alpha value is -0.453. The lowest BCUT2D eigenvalue weighted by Crippen LogP contribution is -2.50. The Labute approximate surface area is 91.0 Å². The molecule has 0 heterocycles. The molecule has 1 unspecified atom stereocenters. The van der Waals surface area contributed by atoms with Gasteiger partial charge in [-0.3, -0.25) is 4.79 Å². The molecule has 5 heteroatoms. The maximum absolute atomic E-state index is 13.0. The molecule has 0 rings (SSSR count). The van der Waals surface area contributed by atoms with Gasteiger partial charge >= 0.3 is 5.97 Å². The number of rotatable bonds is 4. The van der Waals surface area contributed by atoms with E-state index in [1.165, 1.54) is 0 Å². The summed E-state index contributed by atoms with van der Waals surface area (Å²) in [4.78, 5) is 11.3. The summed E-state index contributed by atoms with van der Waals surface area (Å²) in [6, 6.07) is -2.51. The molecule has 0 spiro atoms. The summed E-state index contributed by atoms with van der Waals surface area (Å²) in [6.45, 7) is 8.79. The van der Waals surface area contributed by atoms with Gasteiger partial charge in [-0.1, -0.05) is 27.3 Å². The quantitative estimate of drug-likeness (QED) is 0.555. The monoisotopic (exact) mass is 238 g/mol. The molecule has 15 heavy (non-hydrogen) atoms. The molecule has 0 saturated carbocycles. The highest BCUT2D eigenvalue weighted by molar-refractivity contribution is 6.84. The molecule has 0 N–H and O–H groups in total. The fourth-order valence-corrected chi connectivity index (χ4v) is 3.22. The van der Waals surface area contributed by atoms with Crippen molar-refractivity contribution in [3.63, 3.8) is 0 Å². The molecule has 90 valence electrons. The number of hydrogen-bond donors (Lipinski definition) is 0. The predicted octanol–water partition coefficient (Wildman–Crippen LogP) is 3.23. The molecule has 2 nitrogen and oxygen atoms in total. The van der Waals surface area contributed by atoms with Crippen molar-refractivity contribution in [2.75, 3.05) is 6.61 Å². The third-order valence-electron chi connectivity index (χ3n) is 3.01. The third kappa shape index (κ3) is 3.55. The minimum absolute atomic E-state index is 0.109. The summed E-state index contributed by atoms with van der Waals surface area (Å²) in [6.07, 6.45) is 0. The lowest BCUT2D eigenvalue weighted by molar-refractivity contribution is -0.140. The first-order valence-electron chi connectivity index (χ1n) is 5.09. The lowest BCUT2D eigenvalue weighted by Gasteiger charge is -2.38. The van der Waals surface area contributed by atoms with Gasteiger partial charge in [-0.2, -0.15) is 0 Å². The van der Waals surface area contributed by atoms with Crippen LogP contribution in [0.1, 0.15) is 27.7 Å². The van der Waals surface area contributed by atoms with Crippen LogP contribution < -0.4 is 0 Å². The highest BCUT2D eigenvalue weighted by Gasteiger charge is 2.49. The van der Waals surface area contributed by atoms with E-state index in [-0.39, 0.29) is 12.7 Å². The van der Waals surface area contributed by atoms with Crippen molar-refractivity contribution in [3.8, 4) is 0 Å². The van der Waals surface area contributed by atoms with E-state index in [9.17, 15) is 13.6 Å². The first kappa shape index (κ1) is 14.5. The van der Waals surface area contributed by atoms with Crippen molar-refractivity contribution in [3.05, 3.63) is 0 Å². The number of halogens is 2. The smallest absolute Gasteiger partial charge is 0.303 e. The fraction of sp³-hybridized carbons (Fsp3) is 0.900. The summed E-state index contributed by atoms with van der Waals surface area (Å²) in [5.74, 6) is -0.498. The zero-order chi connectivity index (χ0) is 12.3. The molecule has 0 aromatic heterocycles. The summed E-state index contributed by atoms with van der Waals surface area (Å²) < 4.78 is 30.8. The van der Waals surface area contributed by atoms with Crippen LogP contribution in [0, 0.1) is 0 Å². The van der Waals surface area contributed by atoms with E-state index in [0.29, 0.717) is 0 Å². The van der Waals surface area contributed by atoms with E-state index in [0.717, 1.165) is 0 Å². The Balaban J connectivity index is 4.76. The van der Waals surface area contributed by atoms with Gasteiger partial charge in [0.1, 0.15) is 8.07 Å². The van der Waals surface area contributed by atoms with Crippen molar-refractivity contribution in [1.29, 1.82) is 0 Å². The van der Waals surface area contributed by atoms with Gasteiger partial charge in [0.05, 0.1) is 6.61 Å². The van der Waals surface area contributed by atoms with Gasteiger partial charge in [-0.25, -0.2) is 8.78 Å². The molecule has 0 amide bonds. The SMILES string of the molecule is CCOC(=O)C[Si](C)(C(F)F)C(C)(C)C. The zero-order valence-electron chi connectivity index (χ0n) is 10.1. The van der Waals surface area contributed by atoms with Crippen LogP contribution in [0.4, 0.5) is 8.78 Å². The van der Waals surface area contributed by atoms with E-state index >= 15 is 0 Å². The Morgan fingerprint density at radius 2 is 1.87 bits per heavy atom. The molecule has 0 aromatic carbocycles. The van der Waals surface area contributed by atoms with Gasteiger partial charge in [-0.05, 0) is 12.0 Å². The molecule has 0 aliphatic heterocycles. The number of carbonyl (C=O) groups excluding carboxylic acids is 1. The summed E-state index contributed by atoms with van der Waals surface area (Å²) in [7, 11) is -2.94. The Morgan fingerprint density at radius 3 is 2.13 bits per heavy atom. The Morgan fingerprint density at radius 1 is 1.40 bits per heavy atom. The van der Waals surface area contributed by atoms with Gasteiger partial charge in [0.2, 0.25) is 6.05 Å². The standard InChI is InChI=1S/C10H20F2O2Si/c1-6-14-8(13)7-15(5,9(11)12)10(2,3)4/h9H,6-7H2,1-5H3. The topological polar surface area (TPSA) is 26.3 Å². The molecule has 0 aliphatic carbocycles. The second-order valence-corrected chi connectivity index (χ2v) is 10.1. The minimum Gasteiger partial charge on any atom is -0.466 e. The van der Waals surface area contributed by atoms with Crippen LogP contribution in [0.3, 0.4) is 0 Å². The lowest BCUT2D eigenvalue weighted by atomic mass is 10.2. The number of carbonyl (C=O) groups is 1. The number of hydrogen-bond acceptors (Lipinski definition) is 2. The van der Waals surface area contributed by atoms with Crippen molar-refractivity contribution in [2.24, 2.45) is 0 Å². The Bertz CT molecular complexity index is 226. The van der Waals surface area contributed by atoms with E-state index in [2.05, 4.69) is 0 Å². The van der Waals surface area contributed by atoms with Gasteiger partial charge < -0.3 is 4.74 Å². The Kier molecular flexibility index (Phi) is 4.90. The summed E-state index contributed by atoms with van der Waals surface area (Å²) >= 11 is 0. The molecule has 0 aromatic rings. The second kappa shape index (κ2) is 5.05. The maximum Gasteiger partial charge on any atom is 0.303 e. The molecular formula is C10H20F2O2Si. The average molecular weight is 238 g/mol. The highest BCUT2D eigenvalue weighted by atomic mass is 28.3. The second-order valence-electron chi connectivity index (χ2n) is 4.95. The van der Waals surface area contributed by atoms with Crippen LogP contribution in [0.2, 0.25) is 17.6 Å². The van der Waals surface area contributed by atoms with Crippen LogP contribution in [0.25, 0.3) is 0 Å². The van der Waals surface area contributed by atoms with Crippen LogP contribution in [0.5, 0.6) is 0 Å². The maximum atomic E-state index is 13.0. The highest BCUT2D eigenvalue weighted by Crippen LogP contribution is 2.42. The molecule has 1 atom stereocenters. The zero-order valence-corrected chi connectivity index (χ0v) is 11.1. The normalized spacial score (nSPS) is 16.3. The molecule has 0 bridgehead atoms. The summed E-state index contributed by atoms with van der Waals surface area (Å²) in [5, 5.41) is -0.506. The van der Waals surface area contributed by atoms with Gasteiger partial charge in [0.25, 0.3) is 0 Å². The first-order valence-corrected chi connectivity index (χ1v) is 7.87. The predicted molar refractivity (Wildman–Crippen MR) is 58.8 cm³/mol. The van der Waals surface area contributed by atoms with Crippen LogP contribution in [0.15, 0.2) is 0 Å². The minimum atomic E-state index is -2.94. The van der Waals surface area contributed by atoms with E-state index in [4.69, 9.17) is 4.74 Å². The van der Waals surface area contributed by atoms with Crippen LogP contribution >= 0.6 is 0 Å². The molecular weight excluding hydrogens is 218 g/mol. The van der Waals surface area contributed by atoms with Crippen molar-refractivity contribution in [1.82, 2.24) is 0 Å². The van der Waals surface area contributed by atoms with Gasteiger partial charge in [-0.15, -0.1) is 0 Å². The average Bonchev–Trinajstić information content (AvgIpc) is 2.01. The number of alkyl halides is 2. The third-order valence-corrected chi connectivity index (χ3v) is 8.42. The molecule has 0 radical (unpaired) electrons. The molecule has 0 aliphatic rings. The van der Waals surface area contributed by atoms with E-state index in [1.54, 1.807) is 34.2 Å². The first-order chi connectivity index (χ1) is 6.65. The van der Waals surface area contributed by atoms with Crippen LogP contribution in [-0.4, -0.2) is 26.7 Å². The number of ether oxygens (including phenoxy) is 1. The summed E-state index contributed by atoms with van der Waals surface area (Å²) in [5.41, 5.74) is 0. The van der Waals surface area contributed by atoms with Gasteiger partial charge in [0, 0.05) is 6.04 Å². The number of esters is 1. The van der Waals surface area contributed by atoms with Crippen molar-refractivity contribution in [2.45, 2.75) is 51.4 Å². The van der Waals surface area contributed by atoms with Crippen molar-refractivity contribution >= 4 is 14.0 Å². The van der Waals surface area contributed by atoms with E-state index in [1.807, 2.05) is 0 Å². The van der Waals surface area contributed by atoms with Gasteiger partial charge in [0.15, 0.2) is 0 Å². The van der Waals surface area contributed by atoms with Crippen LogP contribution in [-0.2, 0) is 9.53 Å². The molecule has 0 saturated heterocycles. The van der Waals surface area contributed by atoms with Crippen molar-refractivity contribution < 1.29 is 18.3 Å². The largest absolute Gasteiger partial charge is 0.466 e. The fourth-order valence-electron chi connectivity index (χ4n) is 1.18. The molecule has 0 fully saturated rings. The van der Waals surface area contributed by atoms with E-state index < -0.39 is 25.1 Å².